The van der Waals surface area contributed by atoms with Crippen molar-refractivity contribution in [3.05, 3.63) is 96.6 Å². The summed E-state index contributed by atoms with van der Waals surface area (Å²) < 4.78 is 10.8. The summed E-state index contributed by atoms with van der Waals surface area (Å²) in [6.45, 7) is 2.50. The quantitative estimate of drug-likeness (QED) is 0.234. The maximum atomic E-state index is 13.4. The van der Waals surface area contributed by atoms with Gasteiger partial charge in [-0.25, -0.2) is 0 Å². The third-order valence-electron chi connectivity index (χ3n) is 5.46. The lowest BCUT2D eigenvalue weighted by molar-refractivity contribution is -0.143. The molecule has 0 saturated heterocycles. The Kier molecular flexibility index (Phi) is 7.56. The summed E-state index contributed by atoms with van der Waals surface area (Å²) in [5.74, 6) is 0.114. The van der Waals surface area contributed by atoms with Gasteiger partial charge >= 0.3 is 5.97 Å². The van der Waals surface area contributed by atoms with Crippen molar-refractivity contribution in [3.8, 4) is 28.0 Å². The van der Waals surface area contributed by atoms with E-state index < -0.39 is 0 Å². The van der Waals surface area contributed by atoms with Crippen LogP contribution in [-0.4, -0.2) is 25.1 Å². The second kappa shape index (κ2) is 11.1. The number of rotatable bonds is 9. The molecule has 1 N–H and O–H groups in total. The molecule has 1 amide bonds. The average molecular weight is 454 g/mol. The summed E-state index contributed by atoms with van der Waals surface area (Å²) in [6.07, 6.45) is 0.826. The molecule has 5 heteroatoms. The van der Waals surface area contributed by atoms with E-state index in [-0.39, 0.29) is 11.9 Å². The van der Waals surface area contributed by atoms with E-state index in [0.29, 0.717) is 43.1 Å². The number of fused-ring (bicyclic) bond motifs is 1. The number of ether oxygens (including phenoxy) is 2. The molecular formula is C29H27NO4. The number of hydrogen-bond donors (Lipinski definition) is 1. The van der Waals surface area contributed by atoms with Crippen LogP contribution in [0.15, 0.2) is 91.0 Å². The van der Waals surface area contributed by atoms with Gasteiger partial charge in [0.15, 0.2) is 0 Å². The van der Waals surface area contributed by atoms with Crippen molar-refractivity contribution >= 4 is 17.6 Å². The summed E-state index contributed by atoms with van der Waals surface area (Å²) in [5, 5.41) is 3.01. The van der Waals surface area contributed by atoms with Crippen molar-refractivity contribution in [3.63, 3.8) is 0 Å². The lowest BCUT2D eigenvalue weighted by Gasteiger charge is -2.12. The molecule has 2 aliphatic rings. The Hall–Kier alpha value is -4.12. The summed E-state index contributed by atoms with van der Waals surface area (Å²) in [6, 6.07) is 29.2. The van der Waals surface area contributed by atoms with Gasteiger partial charge < -0.3 is 14.8 Å². The number of carbonyl (C=O) groups is 2. The minimum atomic E-state index is -0.238. The van der Waals surface area contributed by atoms with Crippen LogP contribution < -0.4 is 10.1 Å². The standard InChI is InChI=1S/C29H27NO4/c1-2-33-28(31)18-11-19-34-27-17-10-9-16-26(27)30-29(32)25-20-24(21-12-5-3-6-13-21)22-14-7-4-8-15-23(22)25/h3-10,12-17,20H,2,11,18-19H2,1H3,(H,30,32). The molecule has 0 heterocycles. The van der Waals surface area contributed by atoms with Crippen LogP contribution in [0.4, 0.5) is 5.69 Å². The lowest BCUT2D eigenvalue weighted by Crippen LogP contribution is -2.13. The second-order valence-electron chi connectivity index (χ2n) is 7.78. The van der Waals surface area contributed by atoms with Crippen LogP contribution in [0.1, 0.15) is 30.1 Å². The van der Waals surface area contributed by atoms with Gasteiger partial charge in [0, 0.05) is 12.0 Å². The van der Waals surface area contributed by atoms with E-state index in [2.05, 4.69) is 5.32 Å². The topological polar surface area (TPSA) is 64.6 Å². The van der Waals surface area contributed by atoms with Crippen LogP contribution in [0.25, 0.3) is 22.3 Å². The molecule has 0 radical (unpaired) electrons. The van der Waals surface area contributed by atoms with Gasteiger partial charge in [-0.3, -0.25) is 9.59 Å². The monoisotopic (exact) mass is 453 g/mol. The molecule has 5 nitrogen and oxygen atoms in total. The van der Waals surface area contributed by atoms with Crippen LogP contribution in [-0.2, 0) is 9.53 Å². The van der Waals surface area contributed by atoms with E-state index in [4.69, 9.17) is 9.47 Å². The normalized spacial score (nSPS) is 10.6. The van der Waals surface area contributed by atoms with Crippen LogP contribution in [0.2, 0.25) is 0 Å². The average Bonchev–Trinajstić information content (AvgIpc) is 3.04. The van der Waals surface area contributed by atoms with Crippen molar-refractivity contribution in [2.75, 3.05) is 18.5 Å². The van der Waals surface area contributed by atoms with Crippen LogP contribution in [0.5, 0.6) is 5.75 Å². The number of benzene rings is 2. The highest BCUT2D eigenvalue weighted by atomic mass is 16.5. The van der Waals surface area contributed by atoms with Crippen molar-refractivity contribution < 1.29 is 19.1 Å². The molecule has 172 valence electrons. The fraction of sp³-hybridized carbons (Fsp3) is 0.172. The molecule has 0 spiro atoms. The highest BCUT2D eigenvalue weighted by molar-refractivity contribution is 6.12. The van der Waals surface area contributed by atoms with Crippen LogP contribution in [0.3, 0.4) is 0 Å². The predicted molar refractivity (Wildman–Crippen MR) is 134 cm³/mol. The fourth-order valence-corrected chi connectivity index (χ4v) is 3.88. The summed E-state index contributed by atoms with van der Waals surface area (Å²) in [7, 11) is 0. The third-order valence-corrected chi connectivity index (χ3v) is 5.46. The van der Waals surface area contributed by atoms with E-state index in [1.807, 2.05) is 84.9 Å². The summed E-state index contributed by atoms with van der Waals surface area (Å²) in [4.78, 5) is 24.9. The summed E-state index contributed by atoms with van der Waals surface area (Å²) in [5.41, 5.74) is 5.16. The number of carbonyl (C=O) groups excluding carboxylic acids is 2. The Morgan fingerprint density at radius 1 is 0.794 bits per heavy atom. The molecular weight excluding hydrogens is 426 g/mol. The Bertz CT molecular complexity index is 1240. The summed E-state index contributed by atoms with van der Waals surface area (Å²) >= 11 is 0. The first-order chi connectivity index (χ1) is 16.7. The predicted octanol–water partition coefficient (Wildman–Crippen LogP) is 6.43. The van der Waals surface area contributed by atoms with Crippen LogP contribution in [0, 0.1) is 0 Å². The van der Waals surface area contributed by atoms with Gasteiger partial charge in [0.1, 0.15) is 5.75 Å². The van der Waals surface area contributed by atoms with E-state index in [0.717, 1.165) is 22.3 Å². The van der Waals surface area contributed by atoms with Crippen molar-refractivity contribution in [1.82, 2.24) is 0 Å². The first-order valence-corrected chi connectivity index (χ1v) is 11.4. The number of amides is 1. The minimum Gasteiger partial charge on any atom is -0.491 e. The molecule has 0 aromatic heterocycles. The number of nitrogens with one attached hydrogen (secondary N) is 1. The van der Waals surface area contributed by atoms with Crippen LogP contribution >= 0.6 is 0 Å². The highest BCUT2D eigenvalue weighted by Crippen LogP contribution is 2.39. The van der Waals surface area contributed by atoms with Gasteiger partial charge in [-0.1, -0.05) is 72.8 Å². The highest BCUT2D eigenvalue weighted by Gasteiger charge is 2.21. The molecule has 4 rings (SSSR count). The first kappa shape index (κ1) is 23.1. The number of esters is 1. The van der Waals surface area contributed by atoms with E-state index in [1.54, 1.807) is 13.0 Å². The van der Waals surface area contributed by atoms with E-state index in [9.17, 15) is 9.59 Å². The number of para-hydroxylation sites is 2. The maximum absolute atomic E-state index is 13.4. The molecule has 2 aromatic rings. The Morgan fingerprint density at radius 2 is 1.47 bits per heavy atom. The van der Waals surface area contributed by atoms with Crippen molar-refractivity contribution in [2.45, 2.75) is 19.8 Å². The zero-order valence-electron chi connectivity index (χ0n) is 19.1. The third kappa shape index (κ3) is 5.44. The fourth-order valence-electron chi connectivity index (χ4n) is 3.88. The molecule has 0 fully saturated rings. The van der Waals surface area contributed by atoms with Gasteiger partial charge in [0.2, 0.25) is 0 Å². The molecule has 0 atom stereocenters. The molecule has 34 heavy (non-hydrogen) atoms. The van der Waals surface area contributed by atoms with E-state index in [1.165, 1.54) is 0 Å². The molecule has 2 aliphatic carbocycles. The van der Waals surface area contributed by atoms with Gasteiger partial charge in [-0.2, -0.15) is 0 Å². The SMILES string of the molecule is CCOC(=O)CCCOc1ccccc1NC(=O)c1cc(-c2ccccc2)c2cccccc1-2. The van der Waals surface area contributed by atoms with Gasteiger partial charge in [-0.05, 0) is 53.8 Å². The smallest absolute Gasteiger partial charge is 0.305 e. The Labute approximate surface area is 199 Å². The van der Waals surface area contributed by atoms with Crippen molar-refractivity contribution in [2.24, 2.45) is 0 Å². The van der Waals surface area contributed by atoms with E-state index >= 15 is 0 Å². The zero-order chi connectivity index (χ0) is 23.8. The first-order valence-electron chi connectivity index (χ1n) is 11.4. The Balaban J connectivity index is 1.54. The van der Waals surface area contributed by atoms with Gasteiger partial charge in [-0.15, -0.1) is 0 Å². The van der Waals surface area contributed by atoms with Gasteiger partial charge in [0.05, 0.1) is 18.9 Å². The molecule has 0 aliphatic heterocycles. The zero-order valence-corrected chi connectivity index (χ0v) is 19.1. The minimum absolute atomic E-state index is 0.207. The second-order valence-corrected chi connectivity index (χ2v) is 7.78. The lowest BCUT2D eigenvalue weighted by atomic mass is 10.0. The van der Waals surface area contributed by atoms with Gasteiger partial charge in [0.25, 0.3) is 5.91 Å². The number of hydrogen-bond acceptors (Lipinski definition) is 4. The molecule has 0 unspecified atom stereocenters. The molecule has 2 aromatic carbocycles. The maximum Gasteiger partial charge on any atom is 0.305 e. The molecule has 0 saturated carbocycles. The molecule has 0 bridgehead atoms. The van der Waals surface area contributed by atoms with Crippen molar-refractivity contribution in [1.29, 1.82) is 0 Å². The largest absolute Gasteiger partial charge is 0.491 e. The number of anilines is 1. The Morgan fingerprint density at radius 3 is 2.24 bits per heavy atom.